The van der Waals surface area contributed by atoms with Crippen molar-refractivity contribution in [3.8, 4) is 11.8 Å². The van der Waals surface area contributed by atoms with Crippen molar-refractivity contribution in [1.29, 1.82) is 5.26 Å². The Morgan fingerprint density at radius 2 is 1.84 bits per heavy atom. The van der Waals surface area contributed by atoms with E-state index in [1.54, 1.807) is 6.07 Å². The lowest BCUT2D eigenvalue weighted by Gasteiger charge is -2.50. The number of ether oxygens (including phenoxy) is 2. The molecule has 0 spiro atoms. The van der Waals surface area contributed by atoms with Gasteiger partial charge in [0.15, 0.2) is 0 Å². The molecule has 9 nitrogen and oxygen atoms in total. The molecule has 1 N–H and O–H groups in total. The summed E-state index contributed by atoms with van der Waals surface area (Å²) in [5.74, 6) is 0.778. The summed E-state index contributed by atoms with van der Waals surface area (Å²) in [6.45, 7) is 4.09. The first-order valence-corrected chi connectivity index (χ1v) is 17.7. The van der Waals surface area contributed by atoms with Crippen LogP contribution in [-0.4, -0.2) is 61.6 Å². The van der Waals surface area contributed by atoms with Crippen molar-refractivity contribution in [1.82, 2.24) is 14.3 Å². The van der Waals surface area contributed by atoms with E-state index in [0.717, 1.165) is 50.4 Å². The Labute approximate surface area is 268 Å². The van der Waals surface area contributed by atoms with Crippen LogP contribution in [0.15, 0.2) is 78.0 Å². The number of nitrogens with zero attached hydrogens (tertiary/aromatic N) is 4. The predicted octanol–water partition coefficient (Wildman–Crippen LogP) is 5.69. The Hall–Kier alpha value is -3.82. The molecule has 0 saturated carbocycles. The lowest BCUT2D eigenvalue weighted by molar-refractivity contribution is 0.0242. The highest BCUT2D eigenvalue weighted by Crippen LogP contribution is 2.58. The summed E-state index contributed by atoms with van der Waals surface area (Å²) in [4.78, 5) is 6.22. The Balaban J connectivity index is 1.14. The van der Waals surface area contributed by atoms with Gasteiger partial charge in [-0.2, -0.15) is 9.64 Å². The van der Waals surface area contributed by atoms with Crippen LogP contribution in [0.3, 0.4) is 0 Å². The molecule has 4 aliphatic rings. The number of likely N-dealkylation sites (tertiary alicyclic amines) is 1. The summed E-state index contributed by atoms with van der Waals surface area (Å²) >= 11 is 0.937. The van der Waals surface area contributed by atoms with Crippen molar-refractivity contribution >= 4 is 26.7 Å². The fraction of sp³-hybridized carbons (Fsp3) is 0.382. The molecule has 1 saturated heterocycles. The molecule has 1 fully saturated rings. The van der Waals surface area contributed by atoms with Crippen LogP contribution in [-0.2, 0) is 20.2 Å². The van der Waals surface area contributed by atoms with E-state index in [-0.39, 0.29) is 27.1 Å². The summed E-state index contributed by atoms with van der Waals surface area (Å²) < 4.78 is 44.9. The van der Waals surface area contributed by atoms with Gasteiger partial charge in [0.1, 0.15) is 24.3 Å². The van der Waals surface area contributed by atoms with Gasteiger partial charge in [0.25, 0.3) is 10.0 Å². The second-order valence-electron chi connectivity index (χ2n) is 12.0. The monoisotopic (exact) mass is 641 g/mol. The molecular formula is C34H35N5O4S2. The number of hydrogen-bond donors (Lipinski definition) is 1. The number of anilines is 1. The van der Waals surface area contributed by atoms with Crippen molar-refractivity contribution in [3.63, 3.8) is 0 Å². The quantitative estimate of drug-likeness (QED) is 0.185. The van der Waals surface area contributed by atoms with Gasteiger partial charge in [-0.3, -0.25) is 4.72 Å². The molecule has 1 aliphatic heterocycles. The predicted molar refractivity (Wildman–Crippen MR) is 172 cm³/mol. The first-order valence-electron chi connectivity index (χ1n) is 15.5. The highest BCUT2D eigenvalue weighted by Gasteiger charge is 2.47. The van der Waals surface area contributed by atoms with Gasteiger partial charge >= 0.3 is 0 Å². The molecule has 1 aromatic heterocycles. The second-order valence-corrected chi connectivity index (χ2v) is 14.5. The molecule has 11 heteroatoms. The Morgan fingerprint density at radius 3 is 2.51 bits per heavy atom. The molecule has 45 heavy (non-hydrogen) atoms. The molecule has 1 atom stereocenters. The minimum Gasteiger partial charge on any atom is -0.487 e. The van der Waals surface area contributed by atoms with Crippen molar-refractivity contribution in [2.45, 2.75) is 54.4 Å². The SMILES string of the molecule is N#Cc1cc(S(=O)(=O)Nc2ncns2)ccc1OC(CCC12CCC(c3ccccc31)c1ccccc12)COCCN1CCC1. The Kier molecular flexibility index (Phi) is 8.31. The zero-order valence-electron chi connectivity index (χ0n) is 24.9. The summed E-state index contributed by atoms with van der Waals surface area (Å²) in [5, 5.41) is 10.2. The van der Waals surface area contributed by atoms with Crippen LogP contribution in [0.4, 0.5) is 5.13 Å². The zero-order valence-corrected chi connectivity index (χ0v) is 26.5. The number of nitriles is 1. The molecule has 2 bridgehead atoms. The van der Waals surface area contributed by atoms with Gasteiger partial charge in [0, 0.05) is 29.4 Å². The number of nitrogens with one attached hydrogen (secondary N) is 1. The number of rotatable bonds is 13. The zero-order chi connectivity index (χ0) is 30.9. The van der Waals surface area contributed by atoms with E-state index >= 15 is 0 Å². The maximum atomic E-state index is 13.0. The number of fused-ring (bicyclic) bond motifs is 1. The van der Waals surface area contributed by atoms with Gasteiger partial charge in [-0.1, -0.05) is 48.5 Å². The highest BCUT2D eigenvalue weighted by molar-refractivity contribution is 7.93. The van der Waals surface area contributed by atoms with Gasteiger partial charge in [0.05, 0.1) is 23.7 Å². The minimum atomic E-state index is -3.95. The molecule has 8 rings (SSSR count). The van der Waals surface area contributed by atoms with Crippen molar-refractivity contribution in [2.24, 2.45) is 0 Å². The smallest absolute Gasteiger partial charge is 0.263 e. The standard InChI is InChI=1S/C34H35N5O4S2/c35-21-24-20-26(45(40,41)38-33-36-23-37-44-33)10-11-32(24)43-25(22-42-19-18-39-16-5-17-39)12-14-34-15-13-27(28-6-1-3-8-30(28)34)29-7-2-4-9-31(29)34/h1-4,6-11,20,23,25,27H,5,12-19,22H2,(H,36,37,38). The van der Waals surface area contributed by atoms with Gasteiger partial charge < -0.3 is 14.4 Å². The van der Waals surface area contributed by atoms with E-state index in [1.807, 2.05) is 0 Å². The number of hydrogen-bond acceptors (Lipinski definition) is 9. The molecule has 2 heterocycles. The number of sulfonamides is 1. The molecular weight excluding hydrogens is 607 g/mol. The van der Waals surface area contributed by atoms with Crippen LogP contribution in [0.2, 0.25) is 0 Å². The molecule has 3 aliphatic carbocycles. The molecule has 0 amide bonds. The first-order chi connectivity index (χ1) is 22.0. The van der Waals surface area contributed by atoms with Gasteiger partial charge in [-0.15, -0.1) is 0 Å². The third-order valence-electron chi connectivity index (χ3n) is 9.52. The van der Waals surface area contributed by atoms with E-state index in [1.165, 1.54) is 47.1 Å². The molecule has 1 unspecified atom stereocenters. The van der Waals surface area contributed by atoms with Crippen molar-refractivity contribution in [3.05, 3.63) is 101 Å². The topological polar surface area (TPSA) is 117 Å². The Bertz CT molecular complexity index is 1770. The summed E-state index contributed by atoms with van der Waals surface area (Å²) in [6, 6.07) is 24.2. The molecule has 3 aromatic carbocycles. The van der Waals surface area contributed by atoms with Crippen LogP contribution in [0.1, 0.15) is 65.8 Å². The summed E-state index contributed by atoms with van der Waals surface area (Å²) in [7, 11) is -3.95. The Morgan fingerprint density at radius 1 is 1.09 bits per heavy atom. The third kappa shape index (κ3) is 5.84. The fourth-order valence-electron chi connectivity index (χ4n) is 7.19. The summed E-state index contributed by atoms with van der Waals surface area (Å²) in [5.41, 5.74) is 5.70. The largest absolute Gasteiger partial charge is 0.487 e. The minimum absolute atomic E-state index is 0.0463. The second kappa shape index (κ2) is 12.5. The van der Waals surface area contributed by atoms with Crippen LogP contribution >= 0.6 is 11.5 Å². The van der Waals surface area contributed by atoms with E-state index in [2.05, 4.69) is 73.6 Å². The van der Waals surface area contributed by atoms with E-state index in [0.29, 0.717) is 31.3 Å². The number of aromatic nitrogens is 2. The lowest BCUT2D eigenvalue weighted by Crippen LogP contribution is -2.41. The highest BCUT2D eigenvalue weighted by atomic mass is 32.2. The maximum absolute atomic E-state index is 13.0. The molecule has 0 radical (unpaired) electrons. The molecule has 4 aromatic rings. The van der Waals surface area contributed by atoms with Crippen LogP contribution in [0.25, 0.3) is 0 Å². The van der Waals surface area contributed by atoms with Crippen LogP contribution < -0.4 is 9.46 Å². The van der Waals surface area contributed by atoms with Crippen LogP contribution in [0, 0.1) is 11.3 Å². The van der Waals surface area contributed by atoms with Crippen molar-refractivity contribution in [2.75, 3.05) is 37.6 Å². The van der Waals surface area contributed by atoms with E-state index in [9.17, 15) is 13.7 Å². The normalized spacial score (nSPS) is 20.8. The van der Waals surface area contributed by atoms with E-state index in [4.69, 9.17) is 9.47 Å². The molecule has 232 valence electrons. The van der Waals surface area contributed by atoms with Gasteiger partial charge in [0.2, 0.25) is 5.13 Å². The average Bonchev–Trinajstić information content (AvgIpc) is 3.55. The van der Waals surface area contributed by atoms with E-state index < -0.39 is 10.0 Å². The third-order valence-corrected chi connectivity index (χ3v) is 11.6. The average molecular weight is 642 g/mol. The first kappa shape index (κ1) is 29.9. The number of benzene rings is 3. The van der Waals surface area contributed by atoms with Crippen molar-refractivity contribution < 1.29 is 17.9 Å². The summed E-state index contributed by atoms with van der Waals surface area (Å²) in [6.07, 6.45) is 5.95. The van der Waals surface area contributed by atoms with Gasteiger partial charge in [-0.25, -0.2) is 13.4 Å². The fourth-order valence-corrected chi connectivity index (χ4v) is 8.87. The maximum Gasteiger partial charge on any atom is 0.263 e. The van der Waals surface area contributed by atoms with Crippen LogP contribution in [0.5, 0.6) is 5.75 Å². The lowest BCUT2D eigenvalue weighted by atomic mass is 9.54. The van der Waals surface area contributed by atoms with Gasteiger partial charge in [-0.05, 0) is 85.6 Å².